The maximum Gasteiger partial charge on any atom is 0.166 e. The summed E-state index contributed by atoms with van der Waals surface area (Å²) in [6, 6.07) is 3.70. The van der Waals surface area contributed by atoms with Gasteiger partial charge in [-0.3, -0.25) is 9.38 Å². The van der Waals surface area contributed by atoms with Gasteiger partial charge >= 0.3 is 0 Å². The highest BCUT2D eigenvalue weighted by Crippen LogP contribution is 2.44. The van der Waals surface area contributed by atoms with Crippen molar-refractivity contribution in [3.63, 3.8) is 0 Å². The van der Waals surface area contributed by atoms with Crippen LogP contribution < -0.4 is 19.1 Å². The van der Waals surface area contributed by atoms with E-state index in [4.69, 9.17) is 24.2 Å². The Morgan fingerprint density at radius 2 is 1.81 bits per heavy atom. The fourth-order valence-corrected chi connectivity index (χ4v) is 4.67. The quantitative estimate of drug-likeness (QED) is 0.397. The molecule has 0 atom stereocenters. The molecule has 0 saturated heterocycles. The van der Waals surface area contributed by atoms with Crippen LogP contribution in [-0.2, 0) is 0 Å². The van der Waals surface area contributed by atoms with Crippen molar-refractivity contribution in [3.05, 3.63) is 24.5 Å². The Balaban J connectivity index is 1.93. The topological polar surface area (TPSA) is 61.1 Å². The molecule has 3 aromatic rings. The zero-order chi connectivity index (χ0) is 22.8. The van der Waals surface area contributed by atoms with Gasteiger partial charge in [-0.1, -0.05) is 13.8 Å². The molecule has 0 spiro atoms. The van der Waals surface area contributed by atoms with Gasteiger partial charge in [0.2, 0.25) is 0 Å². The second-order valence-electron chi connectivity index (χ2n) is 8.56. The molecule has 7 nitrogen and oxygen atoms in total. The maximum absolute atomic E-state index is 5.71. The van der Waals surface area contributed by atoms with Crippen LogP contribution in [0.1, 0.15) is 26.7 Å². The summed E-state index contributed by atoms with van der Waals surface area (Å²) in [4.78, 5) is 12.3. The Labute approximate surface area is 194 Å². The number of thioether (sulfide) groups is 1. The van der Waals surface area contributed by atoms with E-state index in [0.717, 1.165) is 46.8 Å². The highest BCUT2D eigenvalue weighted by Gasteiger charge is 2.29. The number of benzene rings is 1. The fraction of sp³-hybridized carbons (Fsp3) is 0.500. The molecule has 0 amide bonds. The van der Waals surface area contributed by atoms with Crippen molar-refractivity contribution in [2.75, 3.05) is 45.6 Å². The summed E-state index contributed by atoms with van der Waals surface area (Å²) in [5, 5.41) is 1.01. The first kappa shape index (κ1) is 22.6. The third-order valence-corrected chi connectivity index (χ3v) is 6.35. The first-order chi connectivity index (χ1) is 15.5. The normalized spacial score (nSPS) is 13.6. The number of methoxy groups -OCH3 is 3. The minimum absolute atomic E-state index is 0.553. The molecule has 1 aliphatic rings. The van der Waals surface area contributed by atoms with Crippen LogP contribution in [0.4, 0.5) is 5.82 Å². The van der Waals surface area contributed by atoms with Crippen molar-refractivity contribution in [2.24, 2.45) is 11.8 Å². The van der Waals surface area contributed by atoms with Gasteiger partial charge in [0.05, 0.1) is 26.9 Å². The second kappa shape index (κ2) is 9.48. The molecule has 172 valence electrons. The largest absolute Gasteiger partial charge is 0.496 e. The summed E-state index contributed by atoms with van der Waals surface area (Å²) >= 11 is 1.67. The zero-order valence-corrected chi connectivity index (χ0v) is 20.5. The van der Waals surface area contributed by atoms with Gasteiger partial charge in [-0.05, 0) is 30.9 Å². The number of hydrogen-bond donors (Lipinski definition) is 0. The van der Waals surface area contributed by atoms with E-state index in [1.807, 2.05) is 24.5 Å². The Hall–Kier alpha value is -2.61. The molecule has 1 fully saturated rings. The van der Waals surface area contributed by atoms with Gasteiger partial charge < -0.3 is 19.1 Å². The molecule has 8 heteroatoms. The van der Waals surface area contributed by atoms with E-state index in [0.29, 0.717) is 23.2 Å². The van der Waals surface area contributed by atoms with Crippen LogP contribution in [-0.4, -0.2) is 55.0 Å². The summed E-state index contributed by atoms with van der Waals surface area (Å²) in [5.41, 5.74) is 2.28. The standard InChI is InChI=1S/C24H32N4O3S/c1-15(2)13-27(14-16-7-8-16)24-23(32-6)26-22-21(25-9-10-28(22)24)20-18(30-4)11-17(29-3)12-19(20)31-5/h9-12,15-16H,7-8,13-14H2,1-6H3. The minimum Gasteiger partial charge on any atom is -0.496 e. The molecule has 1 aromatic carbocycles. The van der Waals surface area contributed by atoms with Crippen molar-refractivity contribution in [2.45, 2.75) is 31.7 Å². The SMILES string of the molecule is COc1cc(OC)c(-c2nccn3c(N(CC(C)C)CC4CC4)c(SC)nc23)c(OC)c1. The van der Waals surface area contributed by atoms with Crippen LogP contribution in [0, 0.1) is 11.8 Å². The van der Waals surface area contributed by atoms with Gasteiger partial charge in [0.1, 0.15) is 33.8 Å². The van der Waals surface area contributed by atoms with Crippen molar-refractivity contribution in [1.82, 2.24) is 14.4 Å². The number of nitrogens with zero attached hydrogens (tertiary/aromatic N) is 4. The predicted octanol–water partition coefficient (Wildman–Crippen LogP) is 5.02. The molecular formula is C24H32N4O3S. The molecule has 2 heterocycles. The molecule has 0 N–H and O–H groups in total. The Morgan fingerprint density at radius 3 is 2.34 bits per heavy atom. The lowest BCUT2D eigenvalue weighted by Gasteiger charge is -2.27. The Bertz CT molecular complexity index is 1070. The van der Waals surface area contributed by atoms with Gasteiger partial charge in [-0.15, -0.1) is 11.8 Å². The predicted molar refractivity (Wildman–Crippen MR) is 130 cm³/mol. The first-order valence-corrected chi connectivity index (χ1v) is 12.2. The van der Waals surface area contributed by atoms with Crippen LogP contribution >= 0.6 is 11.8 Å². The van der Waals surface area contributed by atoms with Gasteiger partial charge in [0.15, 0.2) is 5.65 Å². The maximum atomic E-state index is 5.71. The first-order valence-electron chi connectivity index (χ1n) is 11.0. The van der Waals surface area contributed by atoms with Crippen molar-refractivity contribution in [3.8, 4) is 28.5 Å². The van der Waals surface area contributed by atoms with E-state index < -0.39 is 0 Å². The van der Waals surface area contributed by atoms with E-state index in [1.54, 1.807) is 33.1 Å². The van der Waals surface area contributed by atoms with Crippen LogP contribution in [0.5, 0.6) is 17.2 Å². The van der Waals surface area contributed by atoms with Crippen molar-refractivity contribution in [1.29, 1.82) is 0 Å². The lowest BCUT2D eigenvalue weighted by atomic mass is 10.1. The molecule has 0 unspecified atom stereocenters. The number of anilines is 1. The molecule has 1 saturated carbocycles. The van der Waals surface area contributed by atoms with Crippen LogP contribution in [0.25, 0.3) is 16.9 Å². The van der Waals surface area contributed by atoms with E-state index in [2.05, 4.69) is 29.4 Å². The molecule has 32 heavy (non-hydrogen) atoms. The highest BCUT2D eigenvalue weighted by atomic mass is 32.2. The van der Waals surface area contributed by atoms with Crippen LogP contribution in [0.2, 0.25) is 0 Å². The van der Waals surface area contributed by atoms with Gasteiger partial charge in [-0.25, -0.2) is 4.98 Å². The summed E-state index contributed by atoms with van der Waals surface area (Å²) in [6.45, 7) is 6.58. The summed E-state index contributed by atoms with van der Waals surface area (Å²) in [6.07, 6.45) is 8.53. The number of hydrogen-bond acceptors (Lipinski definition) is 7. The van der Waals surface area contributed by atoms with Crippen molar-refractivity contribution < 1.29 is 14.2 Å². The van der Waals surface area contributed by atoms with Crippen LogP contribution in [0.15, 0.2) is 29.6 Å². The third-order valence-electron chi connectivity index (χ3n) is 5.69. The number of ether oxygens (including phenoxy) is 3. The van der Waals surface area contributed by atoms with E-state index in [-0.39, 0.29) is 0 Å². The Morgan fingerprint density at radius 1 is 1.12 bits per heavy atom. The second-order valence-corrected chi connectivity index (χ2v) is 9.36. The molecule has 0 radical (unpaired) electrons. The smallest absolute Gasteiger partial charge is 0.166 e. The molecular weight excluding hydrogens is 424 g/mol. The molecule has 4 rings (SSSR count). The van der Waals surface area contributed by atoms with Gasteiger partial charge in [-0.2, -0.15) is 0 Å². The molecule has 1 aliphatic carbocycles. The molecule has 0 bridgehead atoms. The number of rotatable bonds is 10. The number of aromatic nitrogens is 3. The summed E-state index contributed by atoms with van der Waals surface area (Å²) in [7, 11) is 4.91. The molecule has 0 aliphatic heterocycles. The number of fused-ring (bicyclic) bond motifs is 1. The zero-order valence-electron chi connectivity index (χ0n) is 19.7. The van der Waals surface area contributed by atoms with Gasteiger partial charge in [0, 0.05) is 37.6 Å². The number of imidazole rings is 1. The monoisotopic (exact) mass is 456 g/mol. The summed E-state index contributed by atoms with van der Waals surface area (Å²) < 4.78 is 19.0. The van der Waals surface area contributed by atoms with E-state index in [9.17, 15) is 0 Å². The molecule has 2 aromatic heterocycles. The lowest BCUT2D eigenvalue weighted by molar-refractivity contribution is 0.377. The fourth-order valence-electron chi connectivity index (χ4n) is 4.08. The highest BCUT2D eigenvalue weighted by molar-refractivity contribution is 7.98. The summed E-state index contributed by atoms with van der Waals surface area (Å²) in [5.74, 6) is 4.40. The third kappa shape index (κ3) is 4.33. The minimum atomic E-state index is 0.553. The Kier molecular flexibility index (Phi) is 6.69. The van der Waals surface area contributed by atoms with Crippen molar-refractivity contribution >= 4 is 23.2 Å². The van der Waals surface area contributed by atoms with Crippen LogP contribution in [0.3, 0.4) is 0 Å². The van der Waals surface area contributed by atoms with Gasteiger partial charge in [0.25, 0.3) is 0 Å². The average molecular weight is 457 g/mol. The van der Waals surface area contributed by atoms with E-state index in [1.165, 1.54) is 12.8 Å². The van der Waals surface area contributed by atoms with E-state index >= 15 is 0 Å². The lowest BCUT2D eigenvalue weighted by Crippen LogP contribution is -2.31. The average Bonchev–Trinajstić information content (AvgIpc) is 3.53.